The number of nitrogen functional groups attached to an aromatic ring is 1. The SMILES string of the molecule is CC(C)(C/N=C(/C(=O)N[C@H]1CC[C@@H](CC(=O)O)OB1O)c1csc(N)n1)C(=O)O. The van der Waals surface area contributed by atoms with Crippen molar-refractivity contribution in [2.45, 2.75) is 45.2 Å². The lowest BCUT2D eigenvalue weighted by molar-refractivity contribution is -0.146. The number of hydrogen-bond donors (Lipinski definition) is 5. The molecule has 6 N–H and O–H groups in total. The highest BCUT2D eigenvalue weighted by Gasteiger charge is 2.38. The summed E-state index contributed by atoms with van der Waals surface area (Å²) in [5, 5.41) is 32.5. The molecular weight excluding hydrogens is 403 g/mol. The number of amides is 1. The van der Waals surface area contributed by atoms with Crippen LogP contribution in [0.15, 0.2) is 10.4 Å². The van der Waals surface area contributed by atoms with Crippen LogP contribution in [0.1, 0.15) is 38.8 Å². The van der Waals surface area contributed by atoms with Crippen molar-refractivity contribution in [3.05, 3.63) is 11.1 Å². The molecule has 0 saturated carbocycles. The van der Waals surface area contributed by atoms with Crippen LogP contribution in [-0.2, 0) is 19.0 Å². The summed E-state index contributed by atoms with van der Waals surface area (Å²) in [5.74, 6) is -3.55. The third-order valence-corrected chi connectivity index (χ3v) is 5.06. The van der Waals surface area contributed by atoms with Crippen LogP contribution in [0.4, 0.5) is 5.13 Å². The molecule has 2 rings (SSSR count). The lowest BCUT2D eigenvalue weighted by Gasteiger charge is -2.31. The first-order chi connectivity index (χ1) is 13.5. The summed E-state index contributed by atoms with van der Waals surface area (Å²) in [6, 6.07) is 0. The zero-order valence-electron chi connectivity index (χ0n) is 16.0. The van der Waals surface area contributed by atoms with E-state index in [1.54, 1.807) is 0 Å². The number of aromatic nitrogens is 1. The maximum absolute atomic E-state index is 12.8. The van der Waals surface area contributed by atoms with Gasteiger partial charge < -0.3 is 30.9 Å². The summed E-state index contributed by atoms with van der Waals surface area (Å²) in [5.41, 5.74) is 4.51. The van der Waals surface area contributed by atoms with Crippen molar-refractivity contribution >= 4 is 47.1 Å². The van der Waals surface area contributed by atoms with Crippen LogP contribution in [0.3, 0.4) is 0 Å². The first kappa shape index (κ1) is 22.8. The third kappa shape index (κ3) is 6.24. The average molecular weight is 426 g/mol. The van der Waals surface area contributed by atoms with E-state index in [-0.39, 0.29) is 29.5 Å². The number of nitrogens with zero attached hydrogens (tertiary/aromatic N) is 2. The minimum atomic E-state index is -1.38. The van der Waals surface area contributed by atoms with Gasteiger partial charge in [-0.15, -0.1) is 11.3 Å². The van der Waals surface area contributed by atoms with Gasteiger partial charge in [-0.25, -0.2) is 4.98 Å². The van der Waals surface area contributed by atoms with Crippen LogP contribution in [0, 0.1) is 5.41 Å². The molecule has 1 saturated heterocycles. The summed E-state index contributed by atoms with van der Waals surface area (Å²) in [6.45, 7) is 2.78. The Morgan fingerprint density at radius 3 is 2.62 bits per heavy atom. The summed E-state index contributed by atoms with van der Waals surface area (Å²) >= 11 is 1.10. The minimum absolute atomic E-state index is 0.105. The van der Waals surface area contributed by atoms with Gasteiger partial charge in [-0.05, 0) is 26.7 Å². The summed E-state index contributed by atoms with van der Waals surface area (Å²) < 4.78 is 5.25. The Morgan fingerprint density at radius 1 is 1.41 bits per heavy atom. The molecule has 1 fully saturated rings. The molecule has 0 spiro atoms. The number of carboxylic acids is 2. The topological polar surface area (TPSA) is 184 Å². The molecule has 2 atom stereocenters. The van der Waals surface area contributed by atoms with Crippen molar-refractivity contribution in [3.8, 4) is 0 Å². The molecule has 1 aliphatic heterocycles. The minimum Gasteiger partial charge on any atom is -0.481 e. The van der Waals surface area contributed by atoms with E-state index >= 15 is 0 Å². The highest BCUT2D eigenvalue weighted by atomic mass is 32.1. The zero-order chi connectivity index (χ0) is 21.8. The van der Waals surface area contributed by atoms with Gasteiger partial charge >= 0.3 is 19.1 Å². The molecule has 2 heterocycles. The average Bonchev–Trinajstić information content (AvgIpc) is 3.03. The number of rotatable bonds is 8. The highest BCUT2D eigenvalue weighted by molar-refractivity contribution is 7.13. The second kappa shape index (κ2) is 9.33. The number of carbonyl (C=O) groups is 3. The molecule has 0 radical (unpaired) electrons. The van der Waals surface area contributed by atoms with E-state index in [9.17, 15) is 24.5 Å². The molecule has 11 nitrogen and oxygen atoms in total. The van der Waals surface area contributed by atoms with Gasteiger partial charge in [0.15, 0.2) is 5.13 Å². The maximum atomic E-state index is 12.8. The largest absolute Gasteiger partial charge is 0.481 e. The molecule has 0 bridgehead atoms. The van der Waals surface area contributed by atoms with E-state index in [2.05, 4.69) is 15.3 Å². The van der Waals surface area contributed by atoms with Crippen LogP contribution in [0.5, 0.6) is 0 Å². The van der Waals surface area contributed by atoms with Gasteiger partial charge in [0.25, 0.3) is 5.91 Å². The molecule has 0 unspecified atom stereocenters. The number of carbonyl (C=O) groups excluding carboxylic acids is 1. The van der Waals surface area contributed by atoms with E-state index in [1.807, 2.05) is 0 Å². The van der Waals surface area contributed by atoms with Gasteiger partial charge in [-0.1, -0.05) is 0 Å². The van der Waals surface area contributed by atoms with Crippen molar-refractivity contribution in [1.29, 1.82) is 0 Å². The van der Waals surface area contributed by atoms with Crippen LogP contribution < -0.4 is 11.1 Å². The summed E-state index contributed by atoms with van der Waals surface area (Å²) in [7, 11) is -1.38. The van der Waals surface area contributed by atoms with Crippen LogP contribution in [-0.4, -0.2) is 69.5 Å². The van der Waals surface area contributed by atoms with Crippen molar-refractivity contribution < 1.29 is 34.3 Å². The molecule has 0 aliphatic carbocycles. The Hall–Kier alpha value is -2.51. The van der Waals surface area contributed by atoms with E-state index in [0.29, 0.717) is 12.8 Å². The van der Waals surface area contributed by atoms with Crippen LogP contribution >= 0.6 is 11.3 Å². The first-order valence-electron chi connectivity index (χ1n) is 8.85. The number of aliphatic carboxylic acids is 2. The molecule has 1 aromatic heterocycles. The number of hydrogen-bond acceptors (Lipinski definition) is 9. The van der Waals surface area contributed by atoms with Gasteiger partial charge in [-0.2, -0.15) is 0 Å². The smallest absolute Gasteiger partial charge is 0.478 e. The number of nitrogens with one attached hydrogen (secondary N) is 1. The lowest BCUT2D eigenvalue weighted by atomic mass is 9.72. The second-order valence-electron chi connectivity index (χ2n) is 7.33. The van der Waals surface area contributed by atoms with Gasteiger partial charge in [0.05, 0.1) is 30.4 Å². The van der Waals surface area contributed by atoms with E-state index in [4.69, 9.17) is 15.5 Å². The Balaban J connectivity index is 2.14. The Labute approximate surface area is 171 Å². The molecular formula is C16H23BN4O7S. The molecule has 13 heteroatoms. The highest BCUT2D eigenvalue weighted by Crippen LogP contribution is 2.20. The fraction of sp³-hybridized carbons (Fsp3) is 0.562. The molecule has 1 aromatic rings. The third-order valence-electron chi connectivity index (χ3n) is 4.39. The van der Waals surface area contributed by atoms with Gasteiger partial charge in [0.2, 0.25) is 0 Å². The fourth-order valence-corrected chi connectivity index (χ4v) is 3.15. The fourth-order valence-electron chi connectivity index (χ4n) is 2.60. The van der Waals surface area contributed by atoms with Crippen LogP contribution in [0.25, 0.3) is 0 Å². The van der Waals surface area contributed by atoms with Gasteiger partial charge in [0, 0.05) is 5.38 Å². The molecule has 29 heavy (non-hydrogen) atoms. The van der Waals surface area contributed by atoms with Gasteiger partial charge in [-0.3, -0.25) is 19.4 Å². The number of carboxylic acid groups (broad SMARTS) is 2. The van der Waals surface area contributed by atoms with E-state index in [0.717, 1.165) is 11.3 Å². The predicted octanol–water partition coefficient (Wildman–Crippen LogP) is -0.217. The zero-order valence-corrected chi connectivity index (χ0v) is 16.8. The second-order valence-corrected chi connectivity index (χ2v) is 8.22. The lowest BCUT2D eigenvalue weighted by Crippen LogP contribution is -2.54. The maximum Gasteiger partial charge on any atom is 0.478 e. The molecule has 0 aromatic carbocycles. The molecule has 1 aliphatic rings. The standard InChI is InChI=1S/C16H23BN4O7S/c1-16(2,14(25)26)7-19-12(9-6-29-15(18)20-9)13(24)21-10-4-3-8(5-11(22)23)28-17(10)27/h6,8,10,27H,3-5,7H2,1-2H3,(H2,18,20)(H,21,24)(H,22,23)(H,25,26)/b19-12+/t8-,10-/m0/s1. The summed E-state index contributed by atoms with van der Waals surface area (Å²) in [6.07, 6.45) is -0.236. The van der Waals surface area contributed by atoms with E-state index in [1.165, 1.54) is 19.2 Å². The molecule has 1 amide bonds. The Kier molecular flexibility index (Phi) is 7.33. The Bertz CT molecular complexity index is 813. The van der Waals surface area contributed by atoms with Gasteiger partial charge in [0.1, 0.15) is 11.4 Å². The number of thiazole rings is 1. The van der Waals surface area contributed by atoms with E-state index < -0.39 is 42.4 Å². The number of aliphatic imine (C=N–C) groups is 1. The number of nitrogens with two attached hydrogens (primary N) is 1. The normalized spacial score (nSPS) is 20.4. The predicted molar refractivity (Wildman–Crippen MR) is 106 cm³/mol. The first-order valence-corrected chi connectivity index (χ1v) is 9.73. The monoisotopic (exact) mass is 426 g/mol. The van der Waals surface area contributed by atoms with Crippen molar-refractivity contribution in [2.75, 3.05) is 12.3 Å². The van der Waals surface area contributed by atoms with Crippen molar-refractivity contribution in [3.63, 3.8) is 0 Å². The number of anilines is 1. The quantitative estimate of drug-likeness (QED) is 0.277. The molecule has 158 valence electrons. The van der Waals surface area contributed by atoms with Crippen molar-refractivity contribution in [2.24, 2.45) is 10.4 Å². The van der Waals surface area contributed by atoms with Crippen molar-refractivity contribution in [1.82, 2.24) is 10.3 Å². The van der Waals surface area contributed by atoms with Crippen LogP contribution in [0.2, 0.25) is 0 Å². The summed E-state index contributed by atoms with van der Waals surface area (Å²) in [4.78, 5) is 43.1. The Morgan fingerprint density at radius 2 is 2.10 bits per heavy atom.